The van der Waals surface area contributed by atoms with Gasteiger partial charge in [-0.2, -0.15) is 14.6 Å². The van der Waals surface area contributed by atoms with E-state index >= 15 is 0 Å². The number of ether oxygens (including phenoxy) is 1. The summed E-state index contributed by atoms with van der Waals surface area (Å²) in [5.74, 6) is 1.13. The number of aromatic nitrogens is 2. The van der Waals surface area contributed by atoms with Gasteiger partial charge in [0.1, 0.15) is 11.8 Å². The molecule has 1 aliphatic rings. The second-order valence-corrected chi connectivity index (χ2v) is 11.4. The molecule has 3 aromatic carbocycles. The van der Waals surface area contributed by atoms with E-state index < -0.39 is 16.1 Å². The summed E-state index contributed by atoms with van der Waals surface area (Å²) in [7, 11) is -3.83. The van der Waals surface area contributed by atoms with E-state index in [4.69, 9.17) is 9.26 Å². The first-order valence-corrected chi connectivity index (χ1v) is 14.1. The highest BCUT2D eigenvalue weighted by Gasteiger charge is 2.37. The lowest BCUT2D eigenvalue weighted by molar-refractivity contribution is 0.225. The van der Waals surface area contributed by atoms with Gasteiger partial charge < -0.3 is 14.4 Å². The molecule has 1 N–H and O–H groups in total. The van der Waals surface area contributed by atoms with Gasteiger partial charge in [-0.15, -0.1) is 0 Å². The van der Waals surface area contributed by atoms with E-state index in [1.807, 2.05) is 32.0 Å². The molecule has 0 spiro atoms. The van der Waals surface area contributed by atoms with Crippen LogP contribution in [0.25, 0.3) is 22.8 Å². The molecule has 200 valence electrons. The molecule has 1 heterocycles. The Kier molecular flexibility index (Phi) is 7.48. The average molecular weight is 545 g/mol. The summed E-state index contributed by atoms with van der Waals surface area (Å²) >= 11 is 0. The van der Waals surface area contributed by atoms with Crippen LogP contribution < -0.4 is 4.74 Å². The number of benzene rings is 3. The molecule has 0 fully saturated rings. The molecule has 10 heteroatoms. The third-order valence-corrected chi connectivity index (χ3v) is 8.56. The molecule has 0 aliphatic heterocycles. The van der Waals surface area contributed by atoms with Crippen molar-refractivity contribution in [1.82, 2.24) is 14.4 Å². The van der Waals surface area contributed by atoms with E-state index in [0.29, 0.717) is 35.5 Å². The summed E-state index contributed by atoms with van der Waals surface area (Å²) in [6.07, 6.45) is 1.11. The highest BCUT2D eigenvalue weighted by molar-refractivity contribution is 7.89. The summed E-state index contributed by atoms with van der Waals surface area (Å²) in [5.41, 5.74) is 3.52. The fourth-order valence-electron chi connectivity index (χ4n) is 4.97. The Morgan fingerprint density at radius 2 is 1.95 bits per heavy atom. The van der Waals surface area contributed by atoms with Gasteiger partial charge in [0.05, 0.1) is 29.2 Å². The van der Waals surface area contributed by atoms with Gasteiger partial charge in [0, 0.05) is 17.7 Å². The maximum atomic E-state index is 13.5. The highest BCUT2D eigenvalue weighted by atomic mass is 32.2. The molecule has 1 atom stereocenters. The number of hydrogen-bond donors (Lipinski definition) is 1. The Hall–Kier alpha value is -4.04. The Morgan fingerprint density at radius 3 is 2.67 bits per heavy atom. The Balaban J connectivity index is 1.48. The van der Waals surface area contributed by atoms with Crippen LogP contribution in [0.4, 0.5) is 0 Å². The number of fused-ring (bicyclic) bond motifs is 1. The predicted octanol–water partition coefficient (Wildman–Crippen LogP) is 4.73. The van der Waals surface area contributed by atoms with E-state index in [-0.39, 0.29) is 30.0 Å². The van der Waals surface area contributed by atoms with Crippen LogP contribution in [0.2, 0.25) is 0 Å². The van der Waals surface area contributed by atoms with Gasteiger partial charge in [0.15, 0.2) is 0 Å². The molecular weight excluding hydrogens is 516 g/mol. The Morgan fingerprint density at radius 1 is 1.15 bits per heavy atom. The maximum Gasteiger partial charge on any atom is 0.258 e. The summed E-state index contributed by atoms with van der Waals surface area (Å²) in [6.45, 7) is 3.47. The molecule has 1 aromatic heterocycles. The summed E-state index contributed by atoms with van der Waals surface area (Å²) in [4.78, 5) is 4.78. The number of rotatable bonds is 9. The molecule has 39 heavy (non-hydrogen) atoms. The standard InChI is InChI=1S/C29H28N4O5S/c1-19(2)37-27-14-11-20(17-21(27)18-30)29-31-28(32-38-29)25-10-6-9-24-23(25)12-13-26(24)33(15-16-34)39(35,36)22-7-4-3-5-8-22/h3-11,14,17,19,26,34H,12-13,15-16H2,1-2H3. The largest absolute Gasteiger partial charge is 0.490 e. The fourth-order valence-corrected chi connectivity index (χ4v) is 6.62. The number of aliphatic hydroxyl groups is 1. The summed E-state index contributed by atoms with van der Waals surface area (Å²) in [6, 6.07) is 20.7. The molecule has 1 unspecified atom stereocenters. The molecule has 0 saturated heterocycles. The zero-order valence-corrected chi connectivity index (χ0v) is 22.4. The lowest BCUT2D eigenvalue weighted by Crippen LogP contribution is -2.36. The second kappa shape index (κ2) is 11.0. The lowest BCUT2D eigenvalue weighted by atomic mass is 10.0. The summed E-state index contributed by atoms with van der Waals surface area (Å²) in [5, 5.41) is 23.5. The Bertz CT molecular complexity index is 1630. The Labute approximate surface area is 227 Å². The van der Waals surface area contributed by atoms with Gasteiger partial charge in [0.25, 0.3) is 5.89 Å². The van der Waals surface area contributed by atoms with Crippen molar-refractivity contribution in [3.63, 3.8) is 0 Å². The maximum absolute atomic E-state index is 13.5. The van der Waals surface area contributed by atoms with E-state index in [0.717, 1.165) is 16.7 Å². The van der Waals surface area contributed by atoms with E-state index in [9.17, 15) is 18.8 Å². The van der Waals surface area contributed by atoms with Gasteiger partial charge in [-0.25, -0.2) is 8.42 Å². The number of aliphatic hydroxyl groups excluding tert-OH is 1. The van der Waals surface area contributed by atoms with E-state index in [2.05, 4.69) is 16.2 Å². The van der Waals surface area contributed by atoms with Gasteiger partial charge in [0.2, 0.25) is 15.8 Å². The lowest BCUT2D eigenvalue weighted by Gasteiger charge is -2.28. The van der Waals surface area contributed by atoms with E-state index in [1.54, 1.807) is 48.5 Å². The van der Waals surface area contributed by atoms with Crippen molar-refractivity contribution in [3.8, 4) is 34.7 Å². The van der Waals surface area contributed by atoms with Crippen LogP contribution in [-0.2, 0) is 16.4 Å². The van der Waals surface area contributed by atoms with Crippen molar-refractivity contribution in [2.75, 3.05) is 13.2 Å². The van der Waals surface area contributed by atoms with Crippen molar-refractivity contribution in [1.29, 1.82) is 5.26 Å². The molecule has 0 saturated carbocycles. The number of nitriles is 1. The smallest absolute Gasteiger partial charge is 0.258 e. The van der Waals surface area contributed by atoms with Crippen LogP contribution in [0.15, 0.2) is 76.1 Å². The highest BCUT2D eigenvalue weighted by Crippen LogP contribution is 2.42. The third kappa shape index (κ3) is 5.16. The quantitative estimate of drug-likeness (QED) is 0.320. The number of hydrogen-bond acceptors (Lipinski definition) is 8. The first-order chi connectivity index (χ1) is 18.8. The molecule has 0 radical (unpaired) electrons. The number of sulfonamides is 1. The van der Waals surface area contributed by atoms with Gasteiger partial charge in [-0.3, -0.25) is 0 Å². The van der Waals surface area contributed by atoms with Gasteiger partial charge >= 0.3 is 0 Å². The molecular formula is C29H28N4O5S. The third-order valence-electron chi connectivity index (χ3n) is 6.63. The normalized spacial score (nSPS) is 14.9. The van der Waals surface area contributed by atoms with Crippen LogP contribution in [0, 0.1) is 11.3 Å². The van der Waals surface area contributed by atoms with E-state index in [1.165, 1.54) is 4.31 Å². The van der Waals surface area contributed by atoms with Crippen LogP contribution in [0.3, 0.4) is 0 Å². The predicted molar refractivity (Wildman–Crippen MR) is 144 cm³/mol. The van der Waals surface area contributed by atoms with Crippen LogP contribution >= 0.6 is 0 Å². The van der Waals surface area contributed by atoms with Gasteiger partial charge in [-0.05, 0) is 68.1 Å². The van der Waals surface area contributed by atoms with Gasteiger partial charge in [-0.1, -0.05) is 41.6 Å². The first-order valence-electron chi connectivity index (χ1n) is 12.7. The minimum absolute atomic E-state index is 0.0182. The van der Waals surface area contributed by atoms with Crippen molar-refractivity contribution in [3.05, 3.63) is 83.4 Å². The van der Waals surface area contributed by atoms with Crippen LogP contribution in [-0.4, -0.2) is 47.2 Å². The van der Waals surface area contributed by atoms with Crippen molar-refractivity contribution in [2.45, 2.75) is 43.7 Å². The van der Waals surface area contributed by atoms with Crippen molar-refractivity contribution < 1.29 is 22.8 Å². The molecule has 5 rings (SSSR count). The van der Waals surface area contributed by atoms with Crippen molar-refractivity contribution in [2.24, 2.45) is 0 Å². The second-order valence-electron chi connectivity index (χ2n) is 9.49. The average Bonchev–Trinajstić information content (AvgIpc) is 3.60. The van der Waals surface area contributed by atoms with Crippen LogP contribution in [0.1, 0.15) is 43.0 Å². The zero-order valence-electron chi connectivity index (χ0n) is 21.6. The minimum atomic E-state index is -3.83. The summed E-state index contributed by atoms with van der Waals surface area (Å²) < 4.78 is 39.7. The molecule has 9 nitrogen and oxygen atoms in total. The molecule has 0 amide bonds. The van der Waals surface area contributed by atoms with Crippen LogP contribution in [0.5, 0.6) is 5.75 Å². The molecule has 0 bridgehead atoms. The fraction of sp³-hybridized carbons (Fsp3) is 0.276. The monoisotopic (exact) mass is 544 g/mol. The first kappa shape index (κ1) is 26.6. The molecule has 1 aliphatic carbocycles. The van der Waals surface area contributed by atoms with Crippen molar-refractivity contribution >= 4 is 10.0 Å². The SMILES string of the molecule is CC(C)Oc1ccc(-c2nc(-c3cccc4c3CCC4N(CCO)S(=O)(=O)c3ccccc3)no2)cc1C#N. The number of nitrogens with zero attached hydrogens (tertiary/aromatic N) is 4. The molecule has 4 aromatic rings. The topological polar surface area (TPSA) is 130 Å². The zero-order chi connectivity index (χ0) is 27.6. The minimum Gasteiger partial charge on any atom is -0.490 e.